The van der Waals surface area contributed by atoms with Gasteiger partial charge in [-0.25, -0.2) is 4.39 Å². The van der Waals surface area contributed by atoms with Crippen molar-refractivity contribution in [1.82, 2.24) is 0 Å². The topological polar surface area (TPSA) is 44.4 Å². The van der Waals surface area contributed by atoms with E-state index in [1.807, 2.05) is 12.1 Å². The van der Waals surface area contributed by atoms with Gasteiger partial charge in [-0.1, -0.05) is 13.0 Å². The molecule has 4 rings (SSSR count). The molecule has 1 amide bonds. The Hall–Kier alpha value is -2.82. The average molecular weight is 351 g/mol. The number of rotatable bonds is 3. The van der Waals surface area contributed by atoms with Crippen molar-refractivity contribution in [3.05, 3.63) is 60.0 Å². The van der Waals surface area contributed by atoms with Crippen molar-refractivity contribution in [2.45, 2.75) is 19.8 Å². The molecule has 1 atom stereocenters. The highest BCUT2D eigenvalue weighted by Crippen LogP contribution is 2.33. The van der Waals surface area contributed by atoms with Gasteiger partial charge >= 0.3 is 0 Å². The Kier molecular flexibility index (Phi) is 4.37. The van der Waals surface area contributed by atoms with Gasteiger partial charge in [-0.15, -0.1) is 0 Å². The van der Waals surface area contributed by atoms with Crippen LogP contribution < -0.4 is 15.5 Å². The molecule has 4 nitrogen and oxygen atoms in total. The molecule has 2 aliphatic rings. The van der Waals surface area contributed by atoms with Gasteiger partial charge in [0.1, 0.15) is 5.82 Å². The van der Waals surface area contributed by atoms with E-state index in [0.717, 1.165) is 24.7 Å². The quantitative estimate of drug-likeness (QED) is 0.802. The van der Waals surface area contributed by atoms with Gasteiger partial charge in [0, 0.05) is 36.2 Å². The van der Waals surface area contributed by atoms with Gasteiger partial charge in [0.2, 0.25) is 0 Å². The molecule has 0 saturated carbocycles. The summed E-state index contributed by atoms with van der Waals surface area (Å²) >= 11 is 0. The van der Waals surface area contributed by atoms with Crippen LogP contribution in [0.15, 0.2) is 48.7 Å². The lowest BCUT2D eigenvalue weighted by Crippen LogP contribution is -2.34. The van der Waals surface area contributed by atoms with Gasteiger partial charge < -0.3 is 15.5 Å². The third-order valence-electron chi connectivity index (χ3n) is 5.05. The van der Waals surface area contributed by atoms with E-state index in [1.165, 1.54) is 24.6 Å². The molecule has 1 fully saturated rings. The first-order valence-corrected chi connectivity index (χ1v) is 9.04. The SMILES string of the molecule is CC1CCCN(c2ccc(N/C=C3/C(=O)Nc4cccc(F)c43)cc2)C1. The molecule has 5 heteroatoms. The summed E-state index contributed by atoms with van der Waals surface area (Å²) in [5.41, 5.74) is 3.22. The summed E-state index contributed by atoms with van der Waals surface area (Å²) in [5, 5.41) is 5.80. The summed E-state index contributed by atoms with van der Waals surface area (Å²) < 4.78 is 14.1. The average Bonchev–Trinajstić information content (AvgIpc) is 2.97. The fourth-order valence-electron chi connectivity index (χ4n) is 3.69. The molecule has 0 aromatic heterocycles. The van der Waals surface area contributed by atoms with Gasteiger partial charge in [-0.05, 0) is 55.2 Å². The maximum Gasteiger partial charge on any atom is 0.257 e. The second kappa shape index (κ2) is 6.83. The smallest absolute Gasteiger partial charge is 0.257 e. The number of amides is 1. The monoisotopic (exact) mass is 351 g/mol. The van der Waals surface area contributed by atoms with Gasteiger partial charge in [0.15, 0.2) is 0 Å². The van der Waals surface area contributed by atoms with Crippen LogP contribution in [0.5, 0.6) is 0 Å². The largest absolute Gasteiger partial charge is 0.371 e. The summed E-state index contributed by atoms with van der Waals surface area (Å²) in [4.78, 5) is 14.5. The second-order valence-electron chi connectivity index (χ2n) is 7.06. The zero-order valence-corrected chi connectivity index (χ0v) is 14.8. The lowest BCUT2D eigenvalue weighted by molar-refractivity contribution is -0.110. The van der Waals surface area contributed by atoms with E-state index in [4.69, 9.17) is 0 Å². The van der Waals surface area contributed by atoms with Crippen LogP contribution in [0.25, 0.3) is 5.57 Å². The van der Waals surface area contributed by atoms with Crippen LogP contribution in [0.1, 0.15) is 25.3 Å². The number of hydrogen-bond acceptors (Lipinski definition) is 3. The predicted octanol–water partition coefficient (Wildman–Crippen LogP) is 4.47. The van der Waals surface area contributed by atoms with Crippen LogP contribution in [-0.4, -0.2) is 19.0 Å². The van der Waals surface area contributed by atoms with Crippen molar-refractivity contribution in [3.8, 4) is 0 Å². The Balaban J connectivity index is 1.50. The fourth-order valence-corrected chi connectivity index (χ4v) is 3.69. The van der Waals surface area contributed by atoms with Crippen LogP contribution in [0.4, 0.5) is 21.5 Å². The molecule has 134 valence electrons. The third kappa shape index (κ3) is 3.17. The molecule has 2 N–H and O–H groups in total. The first-order chi connectivity index (χ1) is 12.6. The molecular weight excluding hydrogens is 329 g/mol. The molecule has 0 spiro atoms. The Labute approximate surface area is 152 Å². The Morgan fingerprint density at radius 3 is 2.81 bits per heavy atom. The number of carbonyl (C=O) groups excluding carboxylic acids is 1. The zero-order chi connectivity index (χ0) is 18.1. The highest BCUT2D eigenvalue weighted by Gasteiger charge is 2.27. The van der Waals surface area contributed by atoms with E-state index in [-0.39, 0.29) is 5.91 Å². The van der Waals surface area contributed by atoms with Crippen LogP contribution in [0.2, 0.25) is 0 Å². The van der Waals surface area contributed by atoms with Crippen molar-refractivity contribution in [3.63, 3.8) is 0 Å². The lowest BCUT2D eigenvalue weighted by atomic mass is 10.00. The summed E-state index contributed by atoms with van der Waals surface area (Å²) in [6.45, 7) is 4.47. The van der Waals surface area contributed by atoms with Gasteiger partial charge in [-0.2, -0.15) is 0 Å². The molecule has 0 bridgehead atoms. The molecule has 26 heavy (non-hydrogen) atoms. The third-order valence-corrected chi connectivity index (χ3v) is 5.05. The van der Waals surface area contributed by atoms with Crippen molar-refractivity contribution in [2.24, 2.45) is 5.92 Å². The van der Waals surface area contributed by atoms with Gasteiger partial charge in [0.05, 0.1) is 11.3 Å². The van der Waals surface area contributed by atoms with E-state index in [1.54, 1.807) is 18.3 Å². The van der Waals surface area contributed by atoms with E-state index in [0.29, 0.717) is 16.8 Å². The minimum Gasteiger partial charge on any atom is -0.371 e. The number of piperidine rings is 1. The van der Waals surface area contributed by atoms with Crippen molar-refractivity contribution in [1.29, 1.82) is 0 Å². The molecule has 2 heterocycles. The van der Waals surface area contributed by atoms with E-state index in [2.05, 4.69) is 34.6 Å². The number of benzene rings is 2. The Morgan fingerprint density at radius 1 is 1.23 bits per heavy atom. The maximum absolute atomic E-state index is 14.1. The van der Waals surface area contributed by atoms with Gasteiger partial charge in [0.25, 0.3) is 5.91 Å². The van der Waals surface area contributed by atoms with Crippen molar-refractivity contribution < 1.29 is 9.18 Å². The first-order valence-electron chi connectivity index (χ1n) is 9.04. The highest BCUT2D eigenvalue weighted by molar-refractivity contribution is 6.31. The predicted molar refractivity (Wildman–Crippen MR) is 104 cm³/mol. The second-order valence-corrected chi connectivity index (χ2v) is 7.06. The number of fused-ring (bicyclic) bond motifs is 1. The zero-order valence-electron chi connectivity index (χ0n) is 14.8. The van der Waals surface area contributed by atoms with Crippen LogP contribution in [0.3, 0.4) is 0 Å². The van der Waals surface area contributed by atoms with E-state index in [9.17, 15) is 9.18 Å². The molecule has 2 aliphatic heterocycles. The first kappa shape index (κ1) is 16.6. The molecular formula is C21H22FN3O. The molecule has 2 aromatic rings. The summed E-state index contributed by atoms with van der Waals surface area (Å²) in [6, 6.07) is 12.8. The van der Waals surface area contributed by atoms with Crippen molar-refractivity contribution >= 4 is 28.5 Å². The number of hydrogen-bond donors (Lipinski definition) is 2. The maximum atomic E-state index is 14.1. The summed E-state index contributed by atoms with van der Waals surface area (Å²) in [5.74, 6) is 0.0297. The number of carbonyl (C=O) groups is 1. The number of nitrogens with one attached hydrogen (secondary N) is 2. The highest BCUT2D eigenvalue weighted by atomic mass is 19.1. The summed E-state index contributed by atoms with van der Waals surface area (Å²) in [6.07, 6.45) is 4.10. The van der Waals surface area contributed by atoms with Crippen LogP contribution in [-0.2, 0) is 4.79 Å². The fraction of sp³-hybridized carbons (Fsp3) is 0.286. The molecule has 2 aromatic carbocycles. The standard InChI is InChI=1S/C21H22FN3O/c1-14-4-3-11-25(13-14)16-9-7-15(8-10-16)23-12-17-20-18(22)5-2-6-19(20)24-21(17)26/h2,5-10,12,14,23H,3-4,11,13H2,1H3,(H,24,26)/b17-12+. The molecule has 0 radical (unpaired) electrons. The van der Waals surface area contributed by atoms with E-state index >= 15 is 0 Å². The summed E-state index contributed by atoms with van der Waals surface area (Å²) in [7, 11) is 0. The number of nitrogens with zero attached hydrogens (tertiary/aromatic N) is 1. The van der Waals surface area contributed by atoms with Crippen LogP contribution >= 0.6 is 0 Å². The minimum absolute atomic E-state index is 0.295. The van der Waals surface area contributed by atoms with E-state index < -0.39 is 5.82 Å². The van der Waals surface area contributed by atoms with Crippen LogP contribution in [0, 0.1) is 11.7 Å². The molecule has 1 unspecified atom stereocenters. The molecule has 0 aliphatic carbocycles. The van der Waals surface area contributed by atoms with Crippen molar-refractivity contribution in [2.75, 3.05) is 28.6 Å². The Bertz CT molecular complexity index is 860. The Morgan fingerprint density at radius 2 is 2.04 bits per heavy atom. The lowest BCUT2D eigenvalue weighted by Gasteiger charge is -2.32. The van der Waals surface area contributed by atoms with Gasteiger partial charge in [-0.3, -0.25) is 4.79 Å². The number of anilines is 3. The number of halogens is 1. The normalized spacial score (nSPS) is 20.8. The molecule has 1 saturated heterocycles. The minimum atomic E-state index is -0.400.